The summed E-state index contributed by atoms with van der Waals surface area (Å²) < 4.78 is 0. The predicted molar refractivity (Wildman–Crippen MR) is 66.7 cm³/mol. The van der Waals surface area contributed by atoms with Crippen molar-refractivity contribution in [2.45, 2.75) is 44.8 Å². The van der Waals surface area contributed by atoms with E-state index in [1.807, 2.05) is 11.3 Å². The van der Waals surface area contributed by atoms with Crippen LogP contribution < -0.4 is 5.32 Å². The van der Waals surface area contributed by atoms with Gasteiger partial charge in [-0.1, -0.05) is 6.92 Å². The van der Waals surface area contributed by atoms with E-state index in [0.29, 0.717) is 6.04 Å². The molecule has 4 heteroatoms. The van der Waals surface area contributed by atoms with Gasteiger partial charge in [0.05, 0.1) is 5.69 Å². The van der Waals surface area contributed by atoms with Gasteiger partial charge in [0.1, 0.15) is 5.01 Å². The van der Waals surface area contributed by atoms with Gasteiger partial charge in [0.15, 0.2) is 0 Å². The molecule has 0 saturated carbocycles. The molecular formula is C12H19N3S. The number of likely N-dealkylation sites (N-methyl/N-ethyl adjacent to an activating group) is 1. The van der Waals surface area contributed by atoms with Crippen LogP contribution in [0.15, 0.2) is 0 Å². The summed E-state index contributed by atoms with van der Waals surface area (Å²) in [6.07, 6.45) is 3.86. The molecule has 0 aromatic carbocycles. The van der Waals surface area contributed by atoms with Crippen LogP contribution in [0.4, 0.5) is 0 Å². The minimum atomic E-state index is 0.668. The lowest BCUT2D eigenvalue weighted by atomic mass is 10.1. The Kier molecular flexibility index (Phi) is 2.73. The highest BCUT2D eigenvalue weighted by Gasteiger charge is 2.39. The fourth-order valence-corrected chi connectivity index (χ4v) is 4.18. The van der Waals surface area contributed by atoms with E-state index in [0.717, 1.165) is 19.1 Å². The first-order chi connectivity index (χ1) is 7.79. The van der Waals surface area contributed by atoms with E-state index in [4.69, 9.17) is 4.98 Å². The third-order valence-electron chi connectivity index (χ3n) is 3.87. The van der Waals surface area contributed by atoms with Gasteiger partial charge in [0.25, 0.3) is 0 Å². The van der Waals surface area contributed by atoms with Crippen molar-refractivity contribution in [2.75, 3.05) is 13.6 Å². The highest BCUT2D eigenvalue weighted by molar-refractivity contribution is 7.11. The molecule has 0 aliphatic carbocycles. The molecule has 2 aliphatic rings. The first-order valence-corrected chi connectivity index (χ1v) is 7.02. The zero-order valence-corrected chi connectivity index (χ0v) is 10.8. The molecule has 1 aromatic rings. The Morgan fingerprint density at radius 3 is 3.19 bits per heavy atom. The molecule has 3 nitrogen and oxygen atoms in total. The SMILES string of the molecule is CCNCc1nc2c(s1)C1CCC(C2)N1C. The zero-order valence-electron chi connectivity index (χ0n) is 9.99. The van der Waals surface area contributed by atoms with Gasteiger partial charge in [-0.05, 0) is 26.4 Å². The summed E-state index contributed by atoms with van der Waals surface area (Å²) in [4.78, 5) is 8.89. The lowest BCUT2D eigenvalue weighted by Gasteiger charge is -2.29. The molecule has 3 rings (SSSR count). The number of hydrogen-bond acceptors (Lipinski definition) is 4. The molecule has 0 spiro atoms. The molecule has 16 heavy (non-hydrogen) atoms. The Labute approximate surface area is 101 Å². The molecule has 2 atom stereocenters. The Bertz CT molecular complexity index is 388. The normalized spacial score (nSPS) is 28.4. The topological polar surface area (TPSA) is 28.2 Å². The van der Waals surface area contributed by atoms with Crippen molar-refractivity contribution in [1.82, 2.24) is 15.2 Å². The molecule has 1 N–H and O–H groups in total. The summed E-state index contributed by atoms with van der Waals surface area (Å²) in [5.74, 6) is 0. The fourth-order valence-electron chi connectivity index (χ4n) is 2.93. The summed E-state index contributed by atoms with van der Waals surface area (Å²) in [5, 5.41) is 4.63. The first-order valence-electron chi connectivity index (χ1n) is 6.20. The van der Waals surface area contributed by atoms with Crippen LogP contribution in [0, 0.1) is 0 Å². The molecule has 88 valence electrons. The van der Waals surface area contributed by atoms with Crippen LogP contribution in [-0.2, 0) is 13.0 Å². The molecule has 2 bridgehead atoms. The maximum absolute atomic E-state index is 4.79. The van der Waals surface area contributed by atoms with Crippen LogP contribution in [0.1, 0.15) is 41.4 Å². The first kappa shape index (κ1) is 10.7. The minimum Gasteiger partial charge on any atom is -0.311 e. The van der Waals surface area contributed by atoms with Crippen LogP contribution in [0.3, 0.4) is 0 Å². The highest BCUT2D eigenvalue weighted by atomic mass is 32.1. The number of hydrogen-bond donors (Lipinski definition) is 1. The van der Waals surface area contributed by atoms with Crippen molar-refractivity contribution in [2.24, 2.45) is 0 Å². The van der Waals surface area contributed by atoms with Crippen LogP contribution in [0.25, 0.3) is 0 Å². The maximum atomic E-state index is 4.79. The quantitative estimate of drug-likeness (QED) is 0.871. The van der Waals surface area contributed by atoms with Crippen LogP contribution in [-0.4, -0.2) is 29.5 Å². The largest absolute Gasteiger partial charge is 0.311 e. The Morgan fingerprint density at radius 2 is 2.38 bits per heavy atom. The molecule has 1 fully saturated rings. The number of fused-ring (bicyclic) bond motifs is 4. The second-order valence-electron chi connectivity index (χ2n) is 4.82. The Balaban J connectivity index is 1.85. The van der Waals surface area contributed by atoms with Crippen LogP contribution in [0.5, 0.6) is 0 Å². The monoisotopic (exact) mass is 237 g/mol. The minimum absolute atomic E-state index is 0.668. The van der Waals surface area contributed by atoms with Gasteiger partial charge in [0, 0.05) is 29.9 Å². The van der Waals surface area contributed by atoms with Gasteiger partial charge < -0.3 is 5.32 Å². The standard InChI is InChI=1S/C12H19N3S/c1-3-13-7-11-14-9-6-8-4-5-10(15(8)2)12(9)16-11/h8,10,13H,3-7H2,1-2H3. The van der Waals surface area contributed by atoms with Crippen molar-refractivity contribution in [3.63, 3.8) is 0 Å². The predicted octanol–water partition coefficient (Wildman–Crippen LogP) is 1.94. The van der Waals surface area contributed by atoms with Crippen molar-refractivity contribution < 1.29 is 0 Å². The van der Waals surface area contributed by atoms with E-state index in [-0.39, 0.29) is 0 Å². The number of aromatic nitrogens is 1. The summed E-state index contributed by atoms with van der Waals surface area (Å²) in [6, 6.07) is 1.42. The van der Waals surface area contributed by atoms with Crippen molar-refractivity contribution in [1.29, 1.82) is 0 Å². The van der Waals surface area contributed by atoms with Gasteiger partial charge in [0.2, 0.25) is 0 Å². The summed E-state index contributed by atoms with van der Waals surface area (Å²) in [6.45, 7) is 4.11. The van der Waals surface area contributed by atoms with Crippen molar-refractivity contribution in [3.8, 4) is 0 Å². The average Bonchev–Trinajstić information content (AvgIpc) is 2.78. The summed E-state index contributed by atoms with van der Waals surface area (Å²) >= 11 is 1.92. The molecular weight excluding hydrogens is 218 g/mol. The third-order valence-corrected chi connectivity index (χ3v) is 5.07. The van der Waals surface area contributed by atoms with Gasteiger partial charge in [-0.3, -0.25) is 4.90 Å². The maximum Gasteiger partial charge on any atom is 0.107 e. The second-order valence-corrected chi connectivity index (χ2v) is 5.93. The van der Waals surface area contributed by atoms with Crippen LogP contribution >= 0.6 is 11.3 Å². The number of thiazole rings is 1. The van der Waals surface area contributed by atoms with Gasteiger partial charge in [-0.15, -0.1) is 11.3 Å². The Morgan fingerprint density at radius 1 is 1.50 bits per heavy atom. The number of rotatable bonds is 3. The lowest BCUT2D eigenvalue weighted by molar-refractivity contribution is 0.226. The van der Waals surface area contributed by atoms with E-state index < -0.39 is 0 Å². The fraction of sp³-hybridized carbons (Fsp3) is 0.750. The molecule has 2 unspecified atom stereocenters. The van der Waals surface area contributed by atoms with Gasteiger partial charge in [-0.2, -0.15) is 0 Å². The van der Waals surface area contributed by atoms with E-state index in [1.54, 1.807) is 4.88 Å². The molecule has 1 aromatic heterocycles. The Hall–Kier alpha value is -0.450. The molecule has 1 saturated heterocycles. The summed E-state index contributed by atoms with van der Waals surface area (Å²) in [7, 11) is 2.27. The third kappa shape index (κ3) is 1.60. The van der Waals surface area contributed by atoms with Crippen molar-refractivity contribution >= 4 is 11.3 Å². The van der Waals surface area contributed by atoms with Gasteiger partial charge in [-0.25, -0.2) is 4.98 Å². The van der Waals surface area contributed by atoms with E-state index in [2.05, 4.69) is 24.2 Å². The molecule has 2 aliphatic heterocycles. The summed E-state index contributed by atoms with van der Waals surface area (Å²) in [5.41, 5.74) is 1.39. The lowest BCUT2D eigenvalue weighted by Crippen LogP contribution is -2.33. The smallest absolute Gasteiger partial charge is 0.107 e. The van der Waals surface area contributed by atoms with E-state index in [9.17, 15) is 0 Å². The number of nitrogens with one attached hydrogen (secondary N) is 1. The average molecular weight is 237 g/mol. The highest BCUT2D eigenvalue weighted by Crippen LogP contribution is 2.44. The number of nitrogens with zero attached hydrogens (tertiary/aromatic N) is 2. The van der Waals surface area contributed by atoms with Crippen molar-refractivity contribution in [3.05, 3.63) is 15.6 Å². The molecule has 0 amide bonds. The van der Waals surface area contributed by atoms with E-state index in [1.165, 1.54) is 30.0 Å². The molecule has 0 radical (unpaired) electrons. The zero-order chi connectivity index (χ0) is 11.1. The van der Waals surface area contributed by atoms with Crippen LogP contribution in [0.2, 0.25) is 0 Å². The van der Waals surface area contributed by atoms with Gasteiger partial charge >= 0.3 is 0 Å². The molecule has 3 heterocycles. The second kappa shape index (κ2) is 4.09. The van der Waals surface area contributed by atoms with E-state index >= 15 is 0 Å².